The van der Waals surface area contributed by atoms with Crippen LogP contribution in [0.2, 0.25) is 5.02 Å². The number of nitrogen functional groups attached to an aromatic ring is 1. The van der Waals surface area contributed by atoms with Crippen LogP contribution < -0.4 is 5.73 Å². The summed E-state index contributed by atoms with van der Waals surface area (Å²) in [6, 6.07) is 8.36. The van der Waals surface area contributed by atoms with Crippen molar-refractivity contribution >= 4 is 23.4 Å². The summed E-state index contributed by atoms with van der Waals surface area (Å²) in [4.78, 5) is 15.2. The summed E-state index contributed by atoms with van der Waals surface area (Å²) >= 11 is 6.00. The highest BCUT2D eigenvalue weighted by Crippen LogP contribution is 2.18. The number of carbonyl (C=O) groups excluding carboxylic acids is 1. The van der Waals surface area contributed by atoms with Crippen LogP contribution in [0.15, 0.2) is 36.5 Å². The van der Waals surface area contributed by atoms with Crippen LogP contribution in [-0.4, -0.2) is 18.1 Å². The second-order valence-corrected chi connectivity index (χ2v) is 4.28. The van der Waals surface area contributed by atoms with Gasteiger partial charge in [0.1, 0.15) is 5.82 Å². The van der Waals surface area contributed by atoms with Crippen LogP contribution in [0.3, 0.4) is 0 Å². The molecule has 1 aromatic carbocycles. The van der Waals surface area contributed by atoms with Gasteiger partial charge in [0, 0.05) is 11.8 Å². The van der Waals surface area contributed by atoms with Crippen LogP contribution in [0, 0.1) is 11.8 Å². The predicted molar refractivity (Wildman–Crippen MR) is 77.4 cm³/mol. The molecule has 2 aromatic rings. The number of anilines is 1. The number of rotatable bonds is 1. The Labute approximate surface area is 121 Å². The monoisotopic (exact) mass is 286 g/mol. The zero-order chi connectivity index (χ0) is 14.5. The molecule has 0 atom stereocenters. The molecular weight excluding hydrogens is 276 g/mol. The van der Waals surface area contributed by atoms with Crippen molar-refractivity contribution in [1.29, 1.82) is 0 Å². The maximum atomic E-state index is 11.3. The van der Waals surface area contributed by atoms with Crippen molar-refractivity contribution in [2.75, 3.05) is 12.8 Å². The maximum Gasteiger partial charge on any atom is 0.337 e. The van der Waals surface area contributed by atoms with Crippen molar-refractivity contribution in [3.05, 3.63) is 58.2 Å². The number of aromatic nitrogens is 1. The molecule has 0 amide bonds. The number of halogens is 1. The van der Waals surface area contributed by atoms with Crippen LogP contribution in [0.5, 0.6) is 0 Å². The van der Waals surface area contributed by atoms with E-state index in [0.717, 1.165) is 5.56 Å². The van der Waals surface area contributed by atoms with Crippen LogP contribution in [0.1, 0.15) is 21.5 Å². The number of nitrogens with zero attached hydrogens (tertiary/aromatic N) is 1. The molecule has 0 aliphatic heterocycles. The topological polar surface area (TPSA) is 65.2 Å². The first-order chi connectivity index (χ1) is 9.61. The standard InChI is InChI=1S/C15H11ClN2O2/c1-20-15(19)11-5-2-10(3-6-11)4-7-12-13(16)8-9-18-14(12)17/h2-3,5-6,8-9H,1H3,(H2,17,18). The minimum absolute atomic E-state index is 0.288. The Hall–Kier alpha value is -2.51. The number of ether oxygens (including phenoxy) is 1. The highest BCUT2D eigenvalue weighted by atomic mass is 35.5. The Morgan fingerprint density at radius 3 is 2.55 bits per heavy atom. The summed E-state index contributed by atoms with van der Waals surface area (Å²) in [5.41, 5.74) is 7.40. The number of pyridine rings is 1. The van der Waals surface area contributed by atoms with Gasteiger partial charge in [-0.1, -0.05) is 23.4 Å². The quantitative estimate of drug-likeness (QED) is 0.646. The molecule has 0 spiro atoms. The summed E-state index contributed by atoms with van der Waals surface area (Å²) in [7, 11) is 1.34. The van der Waals surface area contributed by atoms with E-state index in [2.05, 4.69) is 21.6 Å². The van der Waals surface area contributed by atoms with E-state index in [1.807, 2.05) is 0 Å². The molecule has 0 unspecified atom stereocenters. The number of hydrogen-bond donors (Lipinski definition) is 1. The fourth-order valence-corrected chi connectivity index (χ4v) is 1.72. The molecule has 0 saturated heterocycles. The van der Waals surface area contributed by atoms with E-state index in [1.54, 1.807) is 30.3 Å². The van der Waals surface area contributed by atoms with Gasteiger partial charge in [-0.3, -0.25) is 0 Å². The largest absolute Gasteiger partial charge is 0.465 e. The van der Waals surface area contributed by atoms with Crippen molar-refractivity contribution in [3.63, 3.8) is 0 Å². The van der Waals surface area contributed by atoms with E-state index in [9.17, 15) is 4.79 Å². The zero-order valence-electron chi connectivity index (χ0n) is 10.7. The fourth-order valence-electron chi connectivity index (χ4n) is 1.52. The summed E-state index contributed by atoms with van der Waals surface area (Å²) in [5, 5.41) is 0.455. The zero-order valence-corrected chi connectivity index (χ0v) is 11.4. The predicted octanol–water partition coefficient (Wildman–Crippen LogP) is 2.50. The van der Waals surface area contributed by atoms with Gasteiger partial charge in [0.15, 0.2) is 0 Å². The van der Waals surface area contributed by atoms with Crippen molar-refractivity contribution in [2.45, 2.75) is 0 Å². The van der Waals surface area contributed by atoms with E-state index in [-0.39, 0.29) is 11.8 Å². The van der Waals surface area contributed by atoms with Gasteiger partial charge in [0.05, 0.1) is 23.3 Å². The molecule has 0 saturated carbocycles. The summed E-state index contributed by atoms with van der Waals surface area (Å²) < 4.78 is 4.62. The number of nitrogens with two attached hydrogens (primary N) is 1. The van der Waals surface area contributed by atoms with E-state index < -0.39 is 0 Å². The third-order valence-corrected chi connectivity index (χ3v) is 2.88. The van der Waals surface area contributed by atoms with Crippen LogP contribution in [0.25, 0.3) is 0 Å². The van der Waals surface area contributed by atoms with Gasteiger partial charge >= 0.3 is 5.97 Å². The van der Waals surface area contributed by atoms with Gasteiger partial charge in [-0.25, -0.2) is 9.78 Å². The average Bonchev–Trinajstić information content (AvgIpc) is 2.46. The van der Waals surface area contributed by atoms with Crippen molar-refractivity contribution in [1.82, 2.24) is 4.98 Å². The van der Waals surface area contributed by atoms with Gasteiger partial charge in [0.2, 0.25) is 0 Å². The highest BCUT2D eigenvalue weighted by molar-refractivity contribution is 6.32. The highest BCUT2D eigenvalue weighted by Gasteiger charge is 2.04. The van der Waals surface area contributed by atoms with Gasteiger partial charge in [-0.15, -0.1) is 0 Å². The molecule has 0 bridgehead atoms. The Balaban J connectivity index is 2.28. The lowest BCUT2D eigenvalue weighted by atomic mass is 10.1. The van der Waals surface area contributed by atoms with Crippen LogP contribution in [-0.2, 0) is 4.74 Å². The fraction of sp³-hybridized carbons (Fsp3) is 0.0667. The third-order valence-electron chi connectivity index (χ3n) is 2.57. The van der Waals surface area contributed by atoms with Gasteiger partial charge in [-0.05, 0) is 30.3 Å². The first-order valence-electron chi connectivity index (χ1n) is 5.72. The molecule has 0 fully saturated rings. The van der Waals surface area contributed by atoms with Crippen LogP contribution >= 0.6 is 11.6 Å². The number of esters is 1. The molecule has 20 heavy (non-hydrogen) atoms. The van der Waals surface area contributed by atoms with Gasteiger partial charge in [-0.2, -0.15) is 0 Å². The average molecular weight is 287 g/mol. The third kappa shape index (κ3) is 3.08. The number of methoxy groups -OCH3 is 1. The molecule has 5 heteroatoms. The lowest BCUT2D eigenvalue weighted by Gasteiger charge is -1.99. The van der Waals surface area contributed by atoms with Crippen LogP contribution in [0.4, 0.5) is 5.82 Å². The normalized spacial score (nSPS) is 9.50. The summed E-state index contributed by atoms with van der Waals surface area (Å²) in [6.45, 7) is 0. The van der Waals surface area contributed by atoms with E-state index in [4.69, 9.17) is 17.3 Å². The molecular formula is C15H11ClN2O2. The summed E-state index contributed by atoms with van der Waals surface area (Å²) in [5.74, 6) is 5.70. The lowest BCUT2D eigenvalue weighted by Crippen LogP contribution is -2.00. The molecule has 2 N–H and O–H groups in total. The first kappa shape index (κ1) is 13.9. The smallest absolute Gasteiger partial charge is 0.337 e. The van der Waals surface area contributed by atoms with Crippen molar-refractivity contribution < 1.29 is 9.53 Å². The first-order valence-corrected chi connectivity index (χ1v) is 6.10. The number of benzene rings is 1. The minimum Gasteiger partial charge on any atom is -0.465 e. The lowest BCUT2D eigenvalue weighted by molar-refractivity contribution is 0.0601. The van der Waals surface area contributed by atoms with E-state index >= 15 is 0 Å². The second-order valence-electron chi connectivity index (χ2n) is 3.87. The van der Waals surface area contributed by atoms with Gasteiger partial charge < -0.3 is 10.5 Å². The minimum atomic E-state index is -0.385. The molecule has 100 valence electrons. The molecule has 1 aromatic heterocycles. The van der Waals surface area contributed by atoms with E-state index in [1.165, 1.54) is 13.3 Å². The SMILES string of the molecule is COC(=O)c1ccc(C#Cc2c(Cl)ccnc2N)cc1. The molecule has 0 aliphatic rings. The Morgan fingerprint density at radius 2 is 1.95 bits per heavy atom. The van der Waals surface area contributed by atoms with Crippen molar-refractivity contribution in [3.8, 4) is 11.8 Å². The Bertz CT molecular complexity index is 680. The van der Waals surface area contributed by atoms with E-state index in [0.29, 0.717) is 16.1 Å². The van der Waals surface area contributed by atoms with Crippen molar-refractivity contribution in [2.24, 2.45) is 0 Å². The molecule has 4 nitrogen and oxygen atoms in total. The van der Waals surface area contributed by atoms with Gasteiger partial charge in [0.25, 0.3) is 0 Å². The summed E-state index contributed by atoms with van der Waals surface area (Å²) in [6.07, 6.45) is 1.52. The Kier molecular flexibility index (Phi) is 4.24. The molecule has 0 radical (unpaired) electrons. The number of carbonyl (C=O) groups is 1. The Morgan fingerprint density at radius 1 is 1.25 bits per heavy atom. The maximum absolute atomic E-state index is 11.3. The second kappa shape index (κ2) is 6.09. The molecule has 0 aliphatic carbocycles. The molecule has 2 rings (SSSR count). The molecule has 1 heterocycles. The number of hydrogen-bond acceptors (Lipinski definition) is 4.